The van der Waals surface area contributed by atoms with Crippen molar-refractivity contribution in [3.63, 3.8) is 0 Å². The van der Waals surface area contributed by atoms with Crippen LogP contribution in [0.1, 0.15) is 123 Å². The predicted octanol–water partition coefficient (Wildman–Crippen LogP) is 7.67. The number of unbranched alkanes of at least 4 members (excludes halogenated alkanes) is 15. The summed E-state index contributed by atoms with van der Waals surface area (Å²) in [6.07, 6.45) is 23.7. The number of hydrogen-bond donors (Lipinski definition) is 0. The first-order chi connectivity index (χ1) is 10.9. The zero-order valence-electron chi connectivity index (χ0n) is 15.8. The fourth-order valence-electron chi connectivity index (χ4n) is 2.95. The molecule has 1 nitrogen and oxygen atoms in total. The third-order valence-electron chi connectivity index (χ3n) is 4.53. The van der Waals surface area contributed by atoms with Crippen LogP contribution in [0, 0.1) is 0 Å². The van der Waals surface area contributed by atoms with Crippen LogP contribution in [0.5, 0.6) is 0 Å². The second kappa shape index (κ2) is 21.0. The molecule has 0 bridgehead atoms. The first-order valence-electron chi connectivity index (χ1n) is 10.5. The topological polar surface area (TPSA) is 9.23 Å². The Kier molecular flexibility index (Phi) is 20.9. The van der Waals surface area contributed by atoms with Crippen LogP contribution in [0.4, 0.5) is 0 Å². The van der Waals surface area contributed by atoms with Crippen molar-refractivity contribution in [1.29, 1.82) is 0 Å². The first kappa shape index (κ1) is 22.0. The van der Waals surface area contributed by atoms with E-state index in [0.717, 1.165) is 13.2 Å². The van der Waals surface area contributed by atoms with Crippen molar-refractivity contribution in [1.82, 2.24) is 0 Å². The molecule has 0 rings (SSSR count). The molecule has 0 fully saturated rings. The molecule has 0 unspecified atom stereocenters. The van der Waals surface area contributed by atoms with Gasteiger partial charge in [-0.1, -0.05) is 110 Å². The average Bonchev–Trinajstić information content (AvgIpc) is 2.54. The Labute approximate surface area is 141 Å². The minimum atomic E-state index is 0.991. The van der Waals surface area contributed by atoms with Crippen LogP contribution in [0.15, 0.2) is 0 Å². The largest absolute Gasteiger partial charge is 0.381 e. The monoisotopic (exact) mass is 312 g/mol. The summed E-state index contributed by atoms with van der Waals surface area (Å²) < 4.78 is 5.73. The molecule has 1 heteroatoms. The molecule has 22 heavy (non-hydrogen) atoms. The highest BCUT2D eigenvalue weighted by Gasteiger charge is 1.94. The van der Waals surface area contributed by atoms with E-state index >= 15 is 0 Å². The van der Waals surface area contributed by atoms with E-state index in [4.69, 9.17) is 4.74 Å². The molecule has 0 aromatic heterocycles. The molecule has 134 valence electrons. The third-order valence-corrected chi connectivity index (χ3v) is 4.53. The summed E-state index contributed by atoms with van der Waals surface area (Å²) in [5, 5.41) is 0. The van der Waals surface area contributed by atoms with Gasteiger partial charge in [-0.3, -0.25) is 0 Å². The van der Waals surface area contributed by atoms with Crippen molar-refractivity contribution in [3.05, 3.63) is 0 Å². The van der Waals surface area contributed by atoms with Gasteiger partial charge in [0.2, 0.25) is 0 Å². The highest BCUT2D eigenvalue weighted by atomic mass is 16.5. The molecular formula is C21H44O. The van der Waals surface area contributed by atoms with Gasteiger partial charge < -0.3 is 4.74 Å². The summed E-state index contributed by atoms with van der Waals surface area (Å²) in [7, 11) is 0. The van der Waals surface area contributed by atoms with Crippen molar-refractivity contribution in [3.8, 4) is 0 Å². The van der Waals surface area contributed by atoms with Gasteiger partial charge in [0.1, 0.15) is 0 Å². The smallest absolute Gasteiger partial charge is 0.0466 e. The van der Waals surface area contributed by atoms with Gasteiger partial charge >= 0.3 is 0 Å². The lowest BCUT2D eigenvalue weighted by atomic mass is 10.1. The zero-order valence-corrected chi connectivity index (χ0v) is 15.8. The minimum Gasteiger partial charge on any atom is -0.381 e. The lowest BCUT2D eigenvalue weighted by Crippen LogP contribution is -1.97. The van der Waals surface area contributed by atoms with E-state index in [1.165, 1.54) is 109 Å². The zero-order chi connectivity index (χ0) is 16.1. The van der Waals surface area contributed by atoms with Crippen LogP contribution in [0.3, 0.4) is 0 Å². The van der Waals surface area contributed by atoms with Crippen LogP contribution in [-0.2, 0) is 4.74 Å². The van der Waals surface area contributed by atoms with Gasteiger partial charge in [-0.15, -0.1) is 0 Å². The maximum atomic E-state index is 5.73. The summed E-state index contributed by atoms with van der Waals surface area (Å²) in [4.78, 5) is 0. The van der Waals surface area contributed by atoms with Crippen molar-refractivity contribution < 1.29 is 4.74 Å². The molecule has 0 radical (unpaired) electrons. The number of hydrogen-bond acceptors (Lipinski definition) is 1. The standard InChI is InChI=1S/C21H44O/c1-3-5-7-9-11-12-13-15-17-19-21-22-20-18-16-14-10-8-6-4-2/h3-21H2,1-2H3. The second-order valence-electron chi connectivity index (χ2n) is 6.92. The van der Waals surface area contributed by atoms with Crippen molar-refractivity contribution >= 4 is 0 Å². The Morgan fingerprint density at radius 2 is 0.636 bits per heavy atom. The van der Waals surface area contributed by atoms with E-state index in [0.29, 0.717) is 0 Å². The van der Waals surface area contributed by atoms with Gasteiger partial charge in [0.15, 0.2) is 0 Å². The van der Waals surface area contributed by atoms with E-state index in [2.05, 4.69) is 13.8 Å². The molecule has 0 aliphatic rings. The molecule has 0 saturated carbocycles. The van der Waals surface area contributed by atoms with Gasteiger partial charge in [0, 0.05) is 13.2 Å². The van der Waals surface area contributed by atoms with Gasteiger partial charge in [-0.25, -0.2) is 0 Å². The second-order valence-corrected chi connectivity index (χ2v) is 6.92. The third kappa shape index (κ3) is 20.0. The Bertz CT molecular complexity index is 159. The SMILES string of the molecule is CCCCCCCCCCCCOCCCCCCCCC. The fourth-order valence-corrected chi connectivity index (χ4v) is 2.95. The molecule has 0 aliphatic carbocycles. The molecule has 0 spiro atoms. The molecular weight excluding hydrogens is 268 g/mol. The van der Waals surface area contributed by atoms with Crippen LogP contribution >= 0.6 is 0 Å². The van der Waals surface area contributed by atoms with E-state index in [9.17, 15) is 0 Å². The molecule has 0 amide bonds. The minimum absolute atomic E-state index is 0.991. The van der Waals surface area contributed by atoms with Gasteiger partial charge in [-0.2, -0.15) is 0 Å². The van der Waals surface area contributed by atoms with E-state index in [1.54, 1.807) is 0 Å². The highest BCUT2D eigenvalue weighted by Crippen LogP contribution is 2.11. The molecule has 0 atom stereocenters. The summed E-state index contributed by atoms with van der Waals surface area (Å²) in [5.41, 5.74) is 0. The van der Waals surface area contributed by atoms with E-state index in [-0.39, 0.29) is 0 Å². The summed E-state index contributed by atoms with van der Waals surface area (Å²) in [5.74, 6) is 0. The van der Waals surface area contributed by atoms with Gasteiger partial charge in [-0.05, 0) is 12.8 Å². The Hall–Kier alpha value is -0.0400. The Morgan fingerprint density at radius 1 is 0.364 bits per heavy atom. The van der Waals surface area contributed by atoms with Gasteiger partial charge in [0.05, 0.1) is 0 Å². The maximum Gasteiger partial charge on any atom is 0.0466 e. The van der Waals surface area contributed by atoms with Gasteiger partial charge in [0.25, 0.3) is 0 Å². The number of ether oxygens (including phenoxy) is 1. The molecule has 0 aliphatic heterocycles. The van der Waals surface area contributed by atoms with Crippen LogP contribution in [0.2, 0.25) is 0 Å². The quantitative estimate of drug-likeness (QED) is 0.222. The number of rotatable bonds is 19. The van der Waals surface area contributed by atoms with E-state index < -0.39 is 0 Å². The van der Waals surface area contributed by atoms with Crippen LogP contribution < -0.4 is 0 Å². The lowest BCUT2D eigenvalue weighted by Gasteiger charge is -2.05. The highest BCUT2D eigenvalue weighted by molar-refractivity contribution is 4.48. The maximum absolute atomic E-state index is 5.73. The van der Waals surface area contributed by atoms with Crippen molar-refractivity contribution in [2.75, 3.05) is 13.2 Å². The summed E-state index contributed by atoms with van der Waals surface area (Å²) in [6, 6.07) is 0. The van der Waals surface area contributed by atoms with E-state index in [1.807, 2.05) is 0 Å². The fraction of sp³-hybridized carbons (Fsp3) is 1.00. The molecule has 0 aromatic rings. The molecule has 0 aromatic carbocycles. The first-order valence-corrected chi connectivity index (χ1v) is 10.5. The van der Waals surface area contributed by atoms with Crippen LogP contribution in [-0.4, -0.2) is 13.2 Å². The summed E-state index contributed by atoms with van der Waals surface area (Å²) in [6.45, 7) is 6.55. The summed E-state index contributed by atoms with van der Waals surface area (Å²) >= 11 is 0. The Balaban J connectivity index is 2.91. The average molecular weight is 313 g/mol. The molecule has 0 saturated heterocycles. The molecule has 0 N–H and O–H groups in total. The molecule has 0 heterocycles. The lowest BCUT2D eigenvalue weighted by molar-refractivity contribution is 0.125. The van der Waals surface area contributed by atoms with Crippen molar-refractivity contribution in [2.24, 2.45) is 0 Å². The normalized spacial score (nSPS) is 11.2. The predicted molar refractivity (Wildman–Crippen MR) is 101 cm³/mol. The van der Waals surface area contributed by atoms with Crippen LogP contribution in [0.25, 0.3) is 0 Å². The van der Waals surface area contributed by atoms with Crippen molar-refractivity contribution in [2.45, 2.75) is 123 Å². The Morgan fingerprint density at radius 3 is 0.955 bits per heavy atom.